The highest BCUT2D eigenvalue weighted by atomic mass is 16.6. The van der Waals surface area contributed by atoms with Crippen LogP contribution in [0, 0.1) is 35.0 Å². The largest absolute Gasteiger partial charge is 0.393 e. The SMILES string of the molecule is CC(C)(C)C1CC2CC1C1C(=O)OC(=O)C21. The molecule has 88 valence electrons. The molecular formula is C13H18O3. The minimum Gasteiger partial charge on any atom is -0.393 e. The molecule has 1 heterocycles. The molecule has 3 heteroatoms. The van der Waals surface area contributed by atoms with Gasteiger partial charge in [0.25, 0.3) is 0 Å². The molecule has 0 aromatic heterocycles. The number of hydrogen-bond donors (Lipinski definition) is 0. The summed E-state index contributed by atoms with van der Waals surface area (Å²) in [6.07, 6.45) is 2.15. The monoisotopic (exact) mass is 222 g/mol. The lowest BCUT2D eigenvalue weighted by molar-refractivity contribution is -0.154. The maximum Gasteiger partial charge on any atom is 0.317 e. The average Bonchev–Trinajstić information content (AvgIpc) is 2.76. The number of ether oxygens (including phenoxy) is 1. The van der Waals surface area contributed by atoms with Gasteiger partial charge >= 0.3 is 11.9 Å². The van der Waals surface area contributed by atoms with Crippen molar-refractivity contribution in [3.05, 3.63) is 0 Å². The normalized spacial score (nSPS) is 46.1. The Morgan fingerprint density at radius 3 is 2.31 bits per heavy atom. The topological polar surface area (TPSA) is 43.4 Å². The molecule has 0 radical (unpaired) electrons. The number of carbonyl (C=O) groups is 2. The highest BCUT2D eigenvalue weighted by Crippen LogP contribution is 2.61. The zero-order valence-corrected chi connectivity index (χ0v) is 10.0. The number of fused-ring (bicyclic) bond motifs is 5. The first kappa shape index (κ1) is 10.3. The maximum absolute atomic E-state index is 11.7. The van der Waals surface area contributed by atoms with E-state index in [-0.39, 0.29) is 29.2 Å². The van der Waals surface area contributed by atoms with Gasteiger partial charge in [-0.25, -0.2) is 0 Å². The van der Waals surface area contributed by atoms with Crippen LogP contribution in [0.3, 0.4) is 0 Å². The number of hydrogen-bond acceptors (Lipinski definition) is 3. The van der Waals surface area contributed by atoms with Crippen molar-refractivity contribution < 1.29 is 14.3 Å². The number of cyclic esters (lactones) is 2. The number of rotatable bonds is 0. The molecule has 2 saturated carbocycles. The summed E-state index contributed by atoms with van der Waals surface area (Å²) < 4.78 is 4.79. The first-order valence-electron chi connectivity index (χ1n) is 6.15. The third kappa shape index (κ3) is 1.14. The summed E-state index contributed by atoms with van der Waals surface area (Å²) in [5, 5.41) is 0. The molecule has 0 aromatic rings. The average molecular weight is 222 g/mol. The summed E-state index contributed by atoms with van der Waals surface area (Å²) in [5.41, 5.74) is 0.232. The van der Waals surface area contributed by atoms with E-state index in [9.17, 15) is 9.59 Å². The summed E-state index contributed by atoms with van der Waals surface area (Å²) >= 11 is 0. The van der Waals surface area contributed by atoms with Gasteiger partial charge in [0.05, 0.1) is 11.8 Å². The zero-order chi connectivity index (χ0) is 11.7. The highest BCUT2D eigenvalue weighted by molar-refractivity contribution is 5.97. The van der Waals surface area contributed by atoms with Crippen LogP contribution in [0.1, 0.15) is 33.6 Å². The van der Waals surface area contributed by atoms with E-state index < -0.39 is 0 Å². The molecule has 3 rings (SSSR count). The molecule has 1 saturated heterocycles. The van der Waals surface area contributed by atoms with E-state index in [4.69, 9.17) is 4.74 Å². The highest BCUT2D eigenvalue weighted by Gasteiger charge is 2.64. The van der Waals surface area contributed by atoms with Crippen LogP contribution in [-0.4, -0.2) is 11.9 Å². The van der Waals surface area contributed by atoms with Gasteiger partial charge in [-0.2, -0.15) is 0 Å². The molecular weight excluding hydrogens is 204 g/mol. The molecule has 5 unspecified atom stereocenters. The third-order valence-electron chi connectivity index (χ3n) is 4.86. The van der Waals surface area contributed by atoms with Gasteiger partial charge in [-0.3, -0.25) is 9.59 Å². The standard InChI is InChI=1S/C13H18O3/c1-13(2,3)8-5-6-4-7(8)10-9(6)11(14)16-12(10)15/h6-10H,4-5H2,1-3H3. The van der Waals surface area contributed by atoms with Crippen LogP contribution < -0.4 is 0 Å². The van der Waals surface area contributed by atoms with E-state index >= 15 is 0 Å². The summed E-state index contributed by atoms with van der Waals surface area (Å²) in [5.74, 6) is 0.627. The molecule has 0 aromatic carbocycles. The minimum absolute atomic E-state index is 0.101. The van der Waals surface area contributed by atoms with Gasteiger partial charge in [-0.05, 0) is 36.0 Å². The molecule has 2 aliphatic carbocycles. The predicted molar refractivity (Wildman–Crippen MR) is 57.2 cm³/mol. The molecule has 2 bridgehead atoms. The van der Waals surface area contributed by atoms with Gasteiger partial charge in [0, 0.05) is 0 Å². The zero-order valence-electron chi connectivity index (χ0n) is 10.0. The summed E-state index contributed by atoms with van der Waals surface area (Å²) in [4.78, 5) is 23.3. The van der Waals surface area contributed by atoms with Crippen molar-refractivity contribution in [2.24, 2.45) is 35.0 Å². The van der Waals surface area contributed by atoms with Crippen LogP contribution in [0.5, 0.6) is 0 Å². The second-order valence-corrected chi connectivity index (χ2v) is 6.66. The Kier molecular flexibility index (Phi) is 1.85. The van der Waals surface area contributed by atoms with Crippen molar-refractivity contribution in [3.8, 4) is 0 Å². The predicted octanol–water partition coefficient (Wildman–Crippen LogP) is 2.00. The van der Waals surface area contributed by atoms with E-state index in [2.05, 4.69) is 20.8 Å². The molecule has 1 aliphatic heterocycles. The molecule has 3 aliphatic rings. The first-order valence-corrected chi connectivity index (χ1v) is 6.15. The van der Waals surface area contributed by atoms with Crippen LogP contribution >= 0.6 is 0 Å². The molecule has 3 nitrogen and oxygen atoms in total. The molecule has 3 fully saturated rings. The lowest BCUT2D eigenvalue weighted by Gasteiger charge is -2.37. The van der Waals surface area contributed by atoms with E-state index in [1.165, 1.54) is 0 Å². The van der Waals surface area contributed by atoms with Crippen LogP contribution in [-0.2, 0) is 14.3 Å². The van der Waals surface area contributed by atoms with Gasteiger partial charge in [0.2, 0.25) is 0 Å². The van der Waals surface area contributed by atoms with Crippen LogP contribution in [0.2, 0.25) is 0 Å². The fourth-order valence-electron chi connectivity index (χ4n) is 4.25. The Labute approximate surface area is 95.5 Å². The minimum atomic E-state index is -0.255. The van der Waals surface area contributed by atoms with Crippen LogP contribution in [0.15, 0.2) is 0 Å². The lowest BCUT2D eigenvalue weighted by Crippen LogP contribution is -2.36. The van der Waals surface area contributed by atoms with Crippen LogP contribution in [0.25, 0.3) is 0 Å². The number of esters is 2. The molecule has 0 N–H and O–H groups in total. The number of carbonyl (C=O) groups excluding carboxylic acids is 2. The van der Waals surface area contributed by atoms with Gasteiger partial charge in [0.15, 0.2) is 0 Å². The van der Waals surface area contributed by atoms with E-state index in [0.29, 0.717) is 17.8 Å². The van der Waals surface area contributed by atoms with Crippen molar-refractivity contribution in [2.75, 3.05) is 0 Å². The van der Waals surface area contributed by atoms with Crippen molar-refractivity contribution in [1.82, 2.24) is 0 Å². The fourth-order valence-corrected chi connectivity index (χ4v) is 4.25. The molecule has 0 amide bonds. The molecule has 5 atom stereocenters. The molecule has 0 spiro atoms. The molecule has 16 heavy (non-hydrogen) atoms. The van der Waals surface area contributed by atoms with E-state index in [1.807, 2.05) is 0 Å². The van der Waals surface area contributed by atoms with Gasteiger partial charge < -0.3 is 4.74 Å². The van der Waals surface area contributed by atoms with Crippen molar-refractivity contribution >= 4 is 11.9 Å². The van der Waals surface area contributed by atoms with Gasteiger partial charge in [-0.15, -0.1) is 0 Å². The Morgan fingerprint density at radius 1 is 1.06 bits per heavy atom. The Balaban J connectivity index is 1.93. The second-order valence-electron chi connectivity index (χ2n) is 6.66. The van der Waals surface area contributed by atoms with Crippen molar-refractivity contribution in [2.45, 2.75) is 33.6 Å². The lowest BCUT2D eigenvalue weighted by atomic mass is 9.66. The van der Waals surface area contributed by atoms with E-state index in [1.54, 1.807) is 0 Å². The van der Waals surface area contributed by atoms with Gasteiger partial charge in [0.1, 0.15) is 0 Å². The Bertz CT molecular complexity index is 366. The summed E-state index contributed by atoms with van der Waals surface area (Å²) in [6.45, 7) is 6.69. The Hall–Kier alpha value is -0.860. The summed E-state index contributed by atoms with van der Waals surface area (Å²) in [6, 6.07) is 0. The third-order valence-corrected chi connectivity index (χ3v) is 4.86. The quantitative estimate of drug-likeness (QED) is 0.465. The van der Waals surface area contributed by atoms with Crippen LogP contribution in [0.4, 0.5) is 0 Å². The fraction of sp³-hybridized carbons (Fsp3) is 0.846. The second kappa shape index (κ2) is 2.88. The van der Waals surface area contributed by atoms with Crippen molar-refractivity contribution in [1.29, 1.82) is 0 Å². The smallest absolute Gasteiger partial charge is 0.317 e. The van der Waals surface area contributed by atoms with Crippen molar-refractivity contribution in [3.63, 3.8) is 0 Å². The summed E-state index contributed by atoms with van der Waals surface area (Å²) in [7, 11) is 0. The van der Waals surface area contributed by atoms with Gasteiger partial charge in [-0.1, -0.05) is 20.8 Å². The van der Waals surface area contributed by atoms with E-state index in [0.717, 1.165) is 12.8 Å². The maximum atomic E-state index is 11.7. The Morgan fingerprint density at radius 2 is 1.69 bits per heavy atom. The first-order chi connectivity index (χ1) is 7.39.